The fourth-order valence-corrected chi connectivity index (χ4v) is 4.57. The van der Waals surface area contributed by atoms with E-state index < -0.39 is 0 Å². The Hall–Kier alpha value is -3.48. The fraction of sp³-hybridized carbons (Fsp3) is 0.148. The van der Waals surface area contributed by atoms with Crippen molar-refractivity contribution in [3.05, 3.63) is 106 Å². The van der Waals surface area contributed by atoms with Crippen molar-refractivity contribution in [2.75, 3.05) is 4.90 Å². The summed E-state index contributed by atoms with van der Waals surface area (Å²) in [5.41, 5.74) is 7.01. The Labute approximate surface area is 209 Å². The first-order valence-corrected chi connectivity index (χ1v) is 11.7. The zero-order chi connectivity index (χ0) is 23.8. The average Bonchev–Trinajstić information content (AvgIpc) is 3.30. The van der Waals surface area contributed by atoms with Gasteiger partial charge in [0.25, 0.3) is 5.89 Å². The van der Waals surface area contributed by atoms with Gasteiger partial charge in [0, 0.05) is 22.0 Å². The van der Waals surface area contributed by atoms with Gasteiger partial charge in [-0.05, 0) is 62.8 Å². The summed E-state index contributed by atoms with van der Waals surface area (Å²) >= 11 is 11.9. The normalized spacial score (nSPS) is 16.1. The molecule has 4 aromatic rings. The van der Waals surface area contributed by atoms with Crippen LogP contribution in [0, 0.1) is 13.8 Å². The van der Waals surface area contributed by atoms with Crippen LogP contribution in [-0.2, 0) is 0 Å². The van der Waals surface area contributed by atoms with Crippen LogP contribution in [0.1, 0.15) is 35.5 Å². The van der Waals surface area contributed by atoms with Crippen molar-refractivity contribution in [3.63, 3.8) is 0 Å². The number of aryl methyl sites for hydroxylation is 2. The van der Waals surface area contributed by atoms with Crippen molar-refractivity contribution >= 4 is 40.2 Å². The lowest BCUT2D eigenvalue weighted by molar-refractivity contribution is 0.404. The molecule has 5 nitrogen and oxygen atoms in total. The van der Waals surface area contributed by atoms with E-state index in [2.05, 4.69) is 41.7 Å². The quantitative estimate of drug-likeness (QED) is 0.317. The Morgan fingerprint density at radius 2 is 1.50 bits per heavy atom. The number of rotatable bonds is 4. The molecule has 0 saturated carbocycles. The number of thiocarbonyl (C=S) groups is 1. The summed E-state index contributed by atoms with van der Waals surface area (Å²) in [4.78, 5) is 6.75. The van der Waals surface area contributed by atoms with Gasteiger partial charge in [-0.15, -0.1) is 0 Å². The van der Waals surface area contributed by atoms with Crippen LogP contribution in [0.15, 0.2) is 83.0 Å². The van der Waals surface area contributed by atoms with E-state index >= 15 is 0 Å². The SMILES string of the molecule is CC1=C(c2nc(-c3ccc(C)cc3)no2)C(c2ccc(C)cc2)NC(=S)N1c1ccc(Cl)cc1. The monoisotopic (exact) mass is 486 g/mol. The molecule has 0 amide bonds. The first kappa shape index (κ1) is 22.3. The highest BCUT2D eigenvalue weighted by atomic mass is 35.5. The number of aromatic nitrogens is 2. The molecular formula is C27H23ClN4OS. The third-order valence-corrected chi connectivity index (χ3v) is 6.50. The number of nitrogens with zero attached hydrogens (tertiary/aromatic N) is 3. The molecule has 1 atom stereocenters. The Bertz CT molecular complexity index is 1380. The molecular weight excluding hydrogens is 464 g/mol. The van der Waals surface area contributed by atoms with Crippen LogP contribution in [0.5, 0.6) is 0 Å². The second-order valence-corrected chi connectivity index (χ2v) is 9.22. The highest BCUT2D eigenvalue weighted by Gasteiger charge is 2.34. The van der Waals surface area contributed by atoms with Gasteiger partial charge in [0.15, 0.2) is 5.11 Å². The number of hydrogen-bond acceptors (Lipinski definition) is 4. The molecule has 0 radical (unpaired) electrons. The van der Waals surface area contributed by atoms with Gasteiger partial charge >= 0.3 is 0 Å². The summed E-state index contributed by atoms with van der Waals surface area (Å²) in [5, 5.41) is 9.02. The second kappa shape index (κ2) is 9.05. The molecule has 1 unspecified atom stereocenters. The molecule has 5 rings (SSSR count). The molecule has 1 aliphatic heterocycles. The molecule has 1 N–H and O–H groups in total. The number of halogens is 1. The molecule has 1 aliphatic rings. The van der Waals surface area contributed by atoms with Gasteiger partial charge in [0.2, 0.25) is 5.82 Å². The van der Waals surface area contributed by atoms with E-state index in [0.29, 0.717) is 21.9 Å². The van der Waals surface area contributed by atoms with E-state index in [9.17, 15) is 0 Å². The minimum Gasteiger partial charge on any atom is -0.351 e. The molecule has 0 saturated heterocycles. The molecule has 7 heteroatoms. The van der Waals surface area contributed by atoms with Crippen molar-refractivity contribution in [2.45, 2.75) is 26.8 Å². The second-order valence-electron chi connectivity index (χ2n) is 8.39. The smallest absolute Gasteiger partial charge is 0.258 e. The molecule has 3 aromatic carbocycles. The Balaban J connectivity index is 1.64. The standard InChI is InChI=1S/C27H23ClN4OS/c1-16-4-8-19(9-5-16)24-23(26-30-25(31-33-26)20-10-6-17(2)7-11-20)18(3)32(27(34)29-24)22-14-12-21(28)13-15-22/h4-15,24H,1-3H3,(H,29,34). The summed E-state index contributed by atoms with van der Waals surface area (Å²) in [6.45, 7) is 6.14. The van der Waals surface area contributed by atoms with Crippen molar-refractivity contribution < 1.29 is 4.52 Å². The lowest BCUT2D eigenvalue weighted by Crippen LogP contribution is -2.46. The molecule has 0 fully saturated rings. The van der Waals surface area contributed by atoms with Crippen molar-refractivity contribution in [3.8, 4) is 11.4 Å². The minimum atomic E-state index is -0.233. The third kappa shape index (κ3) is 4.22. The van der Waals surface area contributed by atoms with Gasteiger partial charge in [-0.1, -0.05) is 76.4 Å². The van der Waals surface area contributed by atoms with E-state index in [4.69, 9.17) is 33.3 Å². The van der Waals surface area contributed by atoms with Crippen LogP contribution in [0.3, 0.4) is 0 Å². The summed E-state index contributed by atoms with van der Waals surface area (Å²) < 4.78 is 5.82. The van der Waals surface area contributed by atoms with Crippen molar-refractivity contribution in [1.29, 1.82) is 0 Å². The van der Waals surface area contributed by atoms with Crippen LogP contribution in [-0.4, -0.2) is 15.3 Å². The molecule has 1 aromatic heterocycles. The first-order valence-electron chi connectivity index (χ1n) is 11.0. The Kier molecular flexibility index (Phi) is 5.94. The van der Waals surface area contributed by atoms with Crippen LogP contribution in [0.2, 0.25) is 5.02 Å². The van der Waals surface area contributed by atoms with Crippen LogP contribution in [0.4, 0.5) is 5.69 Å². The van der Waals surface area contributed by atoms with Gasteiger partial charge in [0.1, 0.15) is 0 Å². The molecule has 2 heterocycles. The minimum absolute atomic E-state index is 0.233. The first-order chi connectivity index (χ1) is 16.4. The molecule has 0 aliphatic carbocycles. The maximum atomic E-state index is 6.12. The van der Waals surface area contributed by atoms with Crippen LogP contribution in [0.25, 0.3) is 17.0 Å². The molecule has 34 heavy (non-hydrogen) atoms. The van der Waals surface area contributed by atoms with Gasteiger partial charge in [-0.2, -0.15) is 4.98 Å². The highest BCUT2D eigenvalue weighted by Crippen LogP contribution is 2.39. The van der Waals surface area contributed by atoms with Gasteiger partial charge in [-0.3, -0.25) is 4.90 Å². The number of benzene rings is 3. The predicted octanol–water partition coefficient (Wildman–Crippen LogP) is 6.87. The molecule has 0 bridgehead atoms. The summed E-state index contributed by atoms with van der Waals surface area (Å²) in [6.07, 6.45) is 0. The average molecular weight is 487 g/mol. The van der Waals surface area contributed by atoms with Crippen molar-refractivity contribution in [1.82, 2.24) is 15.5 Å². The van der Waals surface area contributed by atoms with Gasteiger partial charge in [-0.25, -0.2) is 0 Å². The Morgan fingerprint density at radius 1 is 0.882 bits per heavy atom. The third-order valence-electron chi connectivity index (χ3n) is 5.95. The lowest BCUT2D eigenvalue weighted by atomic mass is 9.94. The number of anilines is 1. The number of hydrogen-bond donors (Lipinski definition) is 1. The maximum absolute atomic E-state index is 6.12. The highest BCUT2D eigenvalue weighted by molar-refractivity contribution is 7.80. The van der Waals surface area contributed by atoms with Gasteiger partial charge < -0.3 is 9.84 Å². The topological polar surface area (TPSA) is 54.2 Å². The lowest BCUT2D eigenvalue weighted by Gasteiger charge is -2.37. The van der Waals surface area contributed by atoms with Gasteiger partial charge in [0.05, 0.1) is 11.6 Å². The summed E-state index contributed by atoms with van der Waals surface area (Å²) in [7, 11) is 0. The van der Waals surface area contributed by atoms with E-state index in [-0.39, 0.29) is 6.04 Å². The summed E-state index contributed by atoms with van der Waals surface area (Å²) in [5.74, 6) is 0.997. The van der Waals surface area contributed by atoms with Crippen LogP contribution < -0.4 is 10.2 Å². The van der Waals surface area contributed by atoms with E-state index in [1.54, 1.807) is 0 Å². The summed E-state index contributed by atoms with van der Waals surface area (Å²) in [6, 6.07) is 23.8. The van der Waals surface area contributed by atoms with E-state index in [0.717, 1.165) is 28.1 Å². The van der Waals surface area contributed by atoms with Crippen molar-refractivity contribution in [2.24, 2.45) is 0 Å². The van der Waals surface area contributed by atoms with Crippen LogP contribution >= 0.6 is 23.8 Å². The zero-order valence-corrected chi connectivity index (χ0v) is 20.6. The van der Waals surface area contributed by atoms with E-state index in [1.807, 2.05) is 67.3 Å². The number of allylic oxidation sites excluding steroid dienone is 1. The molecule has 0 spiro atoms. The largest absolute Gasteiger partial charge is 0.351 e. The van der Waals surface area contributed by atoms with E-state index in [1.165, 1.54) is 11.1 Å². The zero-order valence-electron chi connectivity index (χ0n) is 19.0. The fourth-order valence-electron chi connectivity index (χ4n) is 4.08. The Morgan fingerprint density at radius 3 is 2.15 bits per heavy atom. The molecule has 170 valence electrons. The maximum Gasteiger partial charge on any atom is 0.258 e. The predicted molar refractivity (Wildman–Crippen MR) is 141 cm³/mol. The number of nitrogens with one attached hydrogen (secondary N) is 1.